The molecule has 2 fully saturated rings. The first-order valence-corrected chi connectivity index (χ1v) is 14.0. The fraction of sp³-hybridized carbons (Fsp3) is 0.542. The van der Waals surface area contributed by atoms with Crippen molar-refractivity contribution in [3.05, 3.63) is 52.2 Å². The van der Waals surface area contributed by atoms with Crippen molar-refractivity contribution in [1.29, 1.82) is 0 Å². The molecular formula is C24H33N3O4S2. The van der Waals surface area contributed by atoms with Gasteiger partial charge < -0.3 is 10.1 Å². The van der Waals surface area contributed by atoms with Crippen LogP contribution in [0.4, 0.5) is 0 Å². The van der Waals surface area contributed by atoms with Crippen molar-refractivity contribution < 1.29 is 17.9 Å². The topological polar surface area (TPSA) is 79.0 Å². The summed E-state index contributed by atoms with van der Waals surface area (Å²) in [5, 5.41) is 5.40. The molecule has 0 amide bonds. The number of benzene rings is 1. The Morgan fingerprint density at radius 2 is 1.82 bits per heavy atom. The Morgan fingerprint density at radius 3 is 2.45 bits per heavy atom. The number of nitrogens with one attached hydrogen (secondary N) is 1. The highest BCUT2D eigenvalue weighted by atomic mass is 32.2. The zero-order valence-corrected chi connectivity index (χ0v) is 20.7. The maximum atomic E-state index is 12.9. The highest BCUT2D eigenvalue weighted by Crippen LogP contribution is 2.26. The lowest BCUT2D eigenvalue weighted by Gasteiger charge is -2.34. The highest BCUT2D eigenvalue weighted by Gasteiger charge is 2.28. The van der Waals surface area contributed by atoms with Gasteiger partial charge in [-0.15, -0.1) is 11.3 Å². The molecule has 1 aromatic carbocycles. The predicted octanol–water partition coefficient (Wildman–Crippen LogP) is 3.01. The van der Waals surface area contributed by atoms with Gasteiger partial charge in [-0.05, 0) is 42.3 Å². The van der Waals surface area contributed by atoms with Gasteiger partial charge in [0.25, 0.3) is 0 Å². The Labute approximate surface area is 200 Å². The zero-order chi connectivity index (χ0) is 23.3. The van der Waals surface area contributed by atoms with E-state index in [4.69, 9.17) is 4.74 Å². The molecule has 2 aliphatic heterocycles. The minimum Gasteiger partial charge on any atom is -0.379 e. The van der Waals surface area contributed by atoms with Crippen molar-refractivity contribution in [3.8, 4) is 0 Å². The molecule has 1 N–H and O–H groups in total. The van der Waals surface area contributed by atoms with Crippen LogP contribution in [0, 0.1) is 5.92 Å². The van der Waals surface area contributed by atoms with Crippen LogP contribution >= 0.6 is 11.3 Å². The van der Waals surface area contributed by atoms with E-state index in [1.165, 1.54) is 4.88 Å². The average Bonchev–Trinajstić information content (AvgIpc) is 3.37. The van der Waals surface area contributed by atoms with Crippen molar-refractivity contribution >= 4 is 27.1 Å². The molecule has 7 nitrogen and oxygen atoms in total. The van der Waals surface area contributed by atoms with Crippen LogP contribution in [0.3, 0.4) is 0 Å². The van der Waals surface area contributed by atoms with Gasteiger partial charge in [-0.25, -0.2) is 8.42 Å². The summed E-state index contributed by atoms with van der Waals surface area (Å²) in [6, 6.07) is 10.8. The second-order valence-corrected chi connectivity index (χ2v) is 11.8. The van der Waals surface area contributed by atoms with Gasteiger partial charge in [-0.1, -0.05) is 25.1 Å². The number of carbonyl (C=O) groups excluding carboxylic acids is 1. The molecule has 0 bridgehead atoms. The molecule has 0 spiro atoms. The molecule has 3 heterocycles. The number of thiophene rings is 1. The molecule has 0 saturated carbocycles. The van der Waals surface area contributed by atoms with E-state index in [0.29, 0.717) is 31.1 Å². The maximum Gasteiger partial charge on any atom is 0.243 e. The molecular weight excluding hydrogens is 458 g/mol. The Morgan fingerprint density at radius 1 is 1.12 bits per heavy atom. The van der Waals surface area contributed by atoms with Crippen LogP contribution in [0.5, 0.6) is 0 Å². The van der Waals surface area contributed by atoms with E-state index >= 15 is 0 Å². The molecule has 4 rings (SSSR count). The van der Waals surface area contributed by atoms with Crippen LogP contribution in [0.2, 0.25) is 0 Å². The van der Waals surface area contributed by atoms with Gasteiger partial charge in [0.1, 0.15) is 0 Å². The Hall–Kier alpha value is -1.62. The van der Waals surface area contributed by atoms with Crippen LogP contribution in [-0.2, 0) is 14.8 Å². The Kier molecular flexibility index (Phi) is 8.32. The number of rotatable bonds is 9. The first-order valence-electron chi connectivity index (χ1n) is 11.6. The van der Waals surface area contributed by atoms with Crippen molar-refractivity contribution in [2.24, 2.45) is 5.92 Å². The van der Waals surface area contributed by atoms with Crippen LogP contribution in [0.25, 0.3) is 0 Å². The fourth-order valence-electron chi connectivity index (χ4n) is 4.39. The first kappa shape index (κ1) is 24.5. The highest BCUT2D eigenvalue weighted by molar-refractivity contribution is 7.89. The number of carbonyl (C=O) groups is 1. The van der Waals surface area contributed by atoms with Gasteiger partial charge in [0.05, 0.1) is 30.7 Å². The van der Waals surface area contributed by atoms with Gasteiger partial charge >= 0.3 is 0 Å². The lowest BCUT2D eigenvalue weighted by molar-refractivity contribution is 0.0169. The van der Waals surface area contributed by atoms with E-state index < -0.39 is 10.0 Å². The van der Waals surface area contributed by atoms with E-state index in [1.54, 1.807) is 39.9 Å². The third kappa shape index (κ3) is 6.09. The molecule has 9 heteroatoms. The summed E-state index contributed by atoms with van der Waals surface area (Å²) in [6.45, 7) is 7.37. The van der Waals surface area contributed by atoms with Gasteiger partial charge in [0, 0.05) is 43.2 Å². The van der Waals surface area contributed by atoms with E-state index in [2.05, 4.69) is 34.7 Å². The molecule has 1 atom stereocenters. The molecule has 2 saturated heterocycles. The minimum absolute atomic E-state index is 0.0438. The summed E-state index contributed by atoms with van der Waals surface area (Å²) in [5.41, 5.74) is 0.521. The summed E-state index contributed by atoms with van der Waals surface area (Å²) < 4.78 is 32.8. The van der Waals surface area contributed by atoms with E-state index in [0.717, 1.165) is 39.1 Å². The lowest BCUT2D eigenvalue weighted by Crippen LogP contribution is -2.43. The molecule has 2 aromatic rings. The SMILES string of the molecule is CC1CCN(S(=O)(=O)c2ccc(C(=O)CNCC(c3cccs3)N3CCOCC3)cc2)CC1. The summed E-state index contributed by atoms with van der Waals surface area (Å²) in [7, 11) is -3.50. The number of ketones is 1. The van der Waals surface area contributed by atoms with Crippen molar-refractivity contribution in [1.82, 2.24) is 14.5 Å². The number of ether oxygens (including phenoxy) is 1. The minimum atomic E-state index is -3.50. The number of sulfonamides is 1. The predicted molar refractivity (Wildman–Crippen MR) is 130 cm³/mol. The van der Waals surface area contributed by atoms with E-state index in [-0.39, 0.29) is 23.3 Å². The molecule has 180 valence electrons. The van der Waals surface area contributed by atoms with Crippen LogP contribution < -0.4 is 5.32 Å². The zero-order valence-electron chi connectivity index (χ0n) is 19.1. The monoisotopic (exact) mass is 491 g/mol. The quantitative estimate of drug-likeness (QED) is 0.544. The second kappa shape index (κ2) is 11.2. The third-order valence-electron chi connectivity index (χ3n) is 6.54. The average molecular weight is 492 g/mol. The molecule has 0 aliphatic carbocycles. The van der Waals surface area contributed by atoms with E-state index in [9.17, 15) is 13.2 Å². The fourth-order valence-corrected chi connectivity index (χ4v) is 6.72. The molecule has 33 heavy (non-hydrogen) atoms. The third-order valence-corrected chi connectivity index (χ3v) is 9.42. The maximum absolute atomic E-state index is 12.9. The molecule has 0 radical (unpaired) electrons. The summed E-state index contributed by atoms with van der Waals surface area (Å²) in [6.07, 6.45) is 1.77. The number of nitrogens with zero attached hydrogens (tertiary/aromatic N) is 2. The van der Waals surface area contributed by atoms with Crippen molar-refractivity contribution in [2.45, 2.75) is 30.7 Å². The van der Waals surface area contributed by atoms with Gasteiger partial charge in [0.2, 0.25) is 10.0 Å². The number of piperidine rings is 1. The standard InChI is InChI=1S/C24H33N3O4S2/c1-19-8-10-27(11-9-19)33(29,30)21-6-4-20(5-7-21)23(28)18-25-17-22(24-3-2-16-32-24)26-12-14-31-15-13-26/h2-7,16,19,22,25H,8-15,17-18H2,1H3. The summed E-state index contributed by atoms with van der Waals surface area (Å²) in [4.78, 5) is 16.7. The second-order valence-electron chi connectivity index (χ2n) is 8.84. The largest absolute Gasteiger partial charge is 0.379 e. The summed E-state index contributed by atoms with van der Waals surface area (Å²) >= 11 is 1.73. The first-order chi connectivity index (χ1) is 15.9. The number of hydrogen-bond acceptors (Lipinski definition) is 7. The van der Waals surface area contributed by atoms with Crippen LogP contribution in [0.15, 0.2) is 46.7 Å². The van der Waals surface area contributed by atoms with Crippen LogP contribution in [0.1, 0.15) is 41.0 Å². The molecule has 2 aliphatic rings. The normalized spacial score (nSPS) is 20.0. The summed E-state index contributed by atoms with van der Waals surface area (Å²) in [5.74, 6) is 0.518. The number of morpholine rings is 1. The molecule has 1 unspecified atom stereocenters. The van der Waals surface area contributed by atoms with Crippen LogP contribution in [-0.4, -0.2) is 75.9 Å². The Balaban J connectivity index is 1.33. The van der Waals surface area contributed by atoms with E-state index in [1.807, 2.05) is 0 Å². The lowest BCUT2D eigenvalue weighted by atomic mass is 10.0. The van der Waals surface area contributed by atoms with Crippen molar-refractivity contribution in [2.75, 3.05) is 52.5 Å². The van der Waals surface area contributed by atoms with Gasteiger partial charge in [0.15, 0.2) is 5.78 Å². The smallest absolute Gasteiger partial charge is 0.243 e. The number of Topliss-reactive ketones (excluding diaryl/α,β-unsaturated/α-hetero) is 1. The Bertz CT molecular complexity index is 995. The number of hydrogen-bond donors (Lipinski definition) is 1. The molecule has 1 aromatic heterocycles. The van der Waals surface area contributed by atoms with Crippen molar-refractivity contribution in [3.63, 3.8) is 0 Å². The van der Waals surface area contributed by atoms with Gasteiger partial charge in [-0.3, -0.25) is 9.69 Å². The van der Waals surface area contributed by atoms with Gasteiger partial charge in [-0.2, -0.15) is 4.31 Å².